The van der Waals surface area contributed by atoms with Crippen molar-refractivity contribution in [2.45, 2.75) is 13.0 Å². The minimum atomic E-state index is -0.455. The second-order valence-electron chi connectivity index (χ2n) is 4.83. The van der Waals surface area contributed by atoms with Gasteiger partial charge in [0.05, 0.1) is 23.2 Å². The molecule has 1 aliphatic rings. The Morgan fingerprint density at radius 1 is 1.55 bits per heavy atom. The summed E-state index contributed by atoms with van der Waals surface area (Å²) in [5.74, 6) is -0.0352. The van der Waals surface area contributed by atoms with Crippen molar-refractivity contribution in [3.05, 3.63) is 34.5 Å². The van der Waals surface area contributed by atoms with Crippen molar-refractivity contribution >= 4 is 22.4 Å². The Kier molecular flexibility index (Phi) is 3.19. The van der Waals surface area contributed by atoms with Crippen LogP contribution in [0.15, 0.2) is 24.4 Å². The van der Waals surface area contributed by atoms with Crippen LogP contribution in [0.5, 0.6) is 0 Å². The molecule has 7 nitrogen and oxygen atoms in total. The Labute approximate surface area is 114 Å². The van der Waals surface area contributed by atoms with E-state index in [0.29, 0.717) is 18.7 Å². The van der Waals surface area contributed by atoms with Crippen molar-refractivity contribution in [2.75, 3.05) is 13.2 Å². The quantitative estimate of drug-likeness (QED) is 0.624. The summed E-state index contributed by atoms with van der Waals surface area (Å²) >= 11 is 0. The number of Topliss-reactive ketones (excluding diaryl/α,β-unsaturated/α-hetero) is 1. The van der Waals surface area contributed by atoms with Gasteiger partial charge in [-0.15, -0.1) is 0 Å². The van der Waals surface area contributed by atoms with Gasteiger partial charge in [0.2, 0.25) is 0 Å². The molecule has 1 aliphatic heterocycles. The lowest BCUT2D eigenvalue weighted by atomic mass is 10.0. The zero-order valence-electron chi connectivity index (χ0n) is 10.7. The maximum atomic E-state index is 12.1. The highest BCUT2D eigenvalue weighted by Gasteiger charge is 2.24. The van der Waals surface area contributed by atoms with Gasteiger partial charge < -0.3 is 4.74 Å². The van der Waals surface area contributed by atoms with Crippen LogP contribution >= 0.6 is 0 Å². The van der Waals surface area contributed by atoms with Gasteiger partial charge in [-0.25, -0.2) is 0 Å². The highest BCUT2D eigenvalue weighted by Crippen LogP contribution is 2.21. The lowest BCUT2D eigenvalue weighted by molar-refractivity contribution is -0.384. The van der Waals surface area contributed by atoms with Gasteiger partial charge in [-0.3, -0.25) is 19.6 Å². The number of hydrogen-bond acceptors (Lipinski definition) is 5. The van der Waals surface area contributed by atoms with Crippen LogP contribution in [-0.4, -0.2) is 33.7 Å². The molecule has 1 atom stereocenters. The average molecular weight is 275 g/mol. The number of aromatic nitrogens is 2. The number of ketones is 1. The van der Waals surface area contributed by atoms with Gasteiger partial charge in [-0.1, -0.05) is 0 Å². The summed E-state index contributed by atoms with van der Waals surface area (Å²) < 4.78 is 6.71. The molecule has 1 aromatic carbocycles. The second-order valence-corrected chi connectivity index (χ2v) is 4.83. The summed E-state index contributed by atoms with van der Waals surface area (Å²) in [5.41, 5.74) is 0.599. The van der Waals surface area contributed by atoms with Crippen LogP contribution in [0.4, 0.5) is 5.69 Å². The molecule has 7 heteroatoms. The number of carbonyl (C=O) groups excluding carboxylic acids is 1. The molecular formula is C13H13N3O4. The van der Waals surface area contributed by atoms with Crippen molar-refractivity contribution in [3.8, 4) is 0 Å². The fourth-order valence-electron chi connectivity index (χ4n) is 2.36. The molecule has 20 heavy (non-hydrogen) atoms. The molecule has 1 unspecified atom stereocenters. The smallest absolute Gasteiger partial charge is 0.271 e. The number of nitro benzene ring substituents is 1. The van der Waals surface area contributed by atoms with E-state index in [2.05, 4.69) is 5.10 Å². The molecule has 3 rings (SSSR count). The number of rotatable bonds is 4. The van der Waals surface area contributed by atoms with E-state index in [4.69, 9.17) is 4.74 Å². The van der Waals surface area contributed by atoms with Crippen LogP contribution in [0.1, 0.15) is 6.42 Å². The Morgan fingerprint density at radius 2 is 2.40 bits per heavy atom. The fraction of sp³-hybridized carbons (Fsp3) is 0.385. The van der Waals surface area contributed by atoms with Crippen molar-refractivity contribution in [3.63, 3.8) is 0 Å². The predicted molar refractivity (Wildman–Crippen MR) is 70.3 cm³/mol. The van der Waals surface area contributed by atoms with E-state index in [-0.39, 0.29) is 23.9 Å². The van der Waals surface area contributed by atoms with Gasteiger partial charge >= 0.3 is 0 Å². The van der Waals surface area contributed by atoms with Crippen LogP contribution in [0.25, 0.3) is 10.9 Å². The summed E-state index contributed by atoms with van der Waals surface area (Å²) in [6.07, 6.45) is 2.34. The van der Waals surface area contributed by atoms with Crippen LogP contribution in [0, 0.1) is 16.0 Å². The Hall–Kier alpha value is -2.28. The van der Waals surface area contributed by atoms with Crippen molar-refractivity contribution in [1.29, 1.82) is 0 Å². The van der Waals surface area contributed by atoms with E-state index < -0.39 is 4.92 Å². The van der Waals surface area contributed by atoms with Gasteiger partial charge in [-0.2, -0.15) is 5.10 Å². The molecule has 0 bridgehead atoms. The molecule has 2 heterocycles. The Bertz CT molecular complexity index is 673. The lowest BCUT2D eigenvalue weighted by Gasteiger charge is -2.07. The van der Waals surface area contributed by atoms with E-state index in [0.717, 1.165) is 11.8 Å². The lowest BCUT2D eigenvalue weighted by Crippen LogP contribution is -2.20. The number of non-ortho nitro benzene ring substituents is 1. The number of hydrogen-bond donors (Lipinski definition) is 0. The third-order valence-corrected chi connectivity index (χ3v) is 3.53. The number of ether oxygens (including phenoxy) is 1. The predicted octanol–water partition coefficient (Wildman–Crippen LogP) is 1.55. The molecule has 1 aromatic heterocycles. The number of carbonyl (C=O) groups is 1. The zero-order valence-corrected chi connectivity index (χ0v) is 10.7. The normalized spacial score (nSPS) is 18.5. The standard InChI is InChI=1S/C13H13N3O4/c17-13(10-3-4-20-8-10)7-15-12-5-11(16(18)19)2-1-9(12)6-14-15/h1-2,5-6,10H,3-4,7-8H2. The van der Waals surface area contributed by atoms with Crippen LogP contribution in [-0.2, 0) is 16.1 Å². The topological polar surface area (TPSA) is 87.3 Å². The molecule has 0 aliphatic carbocycles. The zero-order chi connectivity index (χ0) is 14.1. The Morgan fingerprint density at radius 3 is 3.10 bits per heavy atom. The molecule has 1 saturated heterocycles. The van der Waals surface area contributed by atoms with Crippen LogP contribution < -0.4 is 0 Å². The first-order valence-corrected chi connectivity index (χ1v) is 6.35. The molecule has 0 spiro atoms. The maximum Gasteiger partial charge on any atom is 0.271 e. The van der Waals surface area contributed by atoms with Crippen LogP contribution in [0.3, 0.4) is 0 Å². The third-order valence-electron chi connectivity index (χ3n) is 3.53. The van der Waals surface area contributed by atoms with E-state index in [9.17, 15) is 14.9 Å². The molecule has 2 aromatic rings. The summed E-state index contributed by atoms with van der Waals surface area (Å²) in [6.45, 7) is 1.19. The molecule has 104 valence electrons. The van der Waals surface area contributed by atoms with Gasteiger partial charge in [0.1, 0.15) is 6.54 Å². The van der Waals surface area contributed by atoms with Gasteiger partial charge in [0.15, 0.2) is 5.78 Å². The van der Waals surface area contributed by atoms with Crippen LogP contribution in [0.2, 0.25) is 0 Å². The summed E-state index contributed by atoms with van der Waals surface area (Å²) in [6, 6.07) is 4.52. The minimum absolute atomic E-state index is 0.00380. The SMILES string of the molecule is O=C(Cn1ncc2ccc([N+](=O)[O-])cc21)C1CCOC1. The van der Waals surface area contributed by atoms with E-state index in [1.807, 2.05) is 0 Å². The first kappa shape index (κ1) is 12.7. The third kappa shape index (κ3) is 2.27. The molecule has 1 fully saturated rings. The summed E-state index contributed by atoms with van der Waals surface area (Å²) in [5, 5.41) is 15.7. The number of nitrogens with zero attached hydrogens (tertiary/aromatic N) is 3. The molecule has 0 amide bonds. The second kappa shape index (κ2) is 5.01. The molecular weight excluding hydrogens is 262 g/mol. The number of fused-ring (bicyclic) bond motifs is 1. The van der Waals surface area contributed by atoms with Gasteiger partial charge in [-0.05, 0) is 12.5 Å². The maximum absolute atomic E-state index is 12.1. The summed E-state index contributed by atoms with van der Waals surface area (Å²) in [4.78, 5) is 22.4. The average Bonchev–Trinajstić information content (AvgIpc) is 3.08. The monoisotopic (exact) mass is 275 g/mol. The first-order valence-electron chi connectivity index (χ1n) is 6.35. The molecule has 0 N–H and O–H groups in total. The van der Waals surface area contributed by atoms with Crippen molar-refractivity contribution in [1.82, 2.24) is 9.78 Å². The van der Waals surface area contributed by atoms with E-state index in [1.54, 1.807) is 12.3 Å². The fourth-order valence-corrected chi connectivity index (χ4v) is 2.36. The van der Waals surface area contributed by atoms with Crippen molar-refractivity contribution < 1.29 is 14.5 Å². The number of nitro groups is 1. The van der Waals surface area contributed by atoms with Crippen molar-refractivity contribution in [2.24, 2.45) is 5.92 Å². The van der Waals surface area contributed by atoms with Gasteiger partial charge in [0, 0.05) is 30.0 Å². The van der Waals surface area contributed by atoms with E-state index >= 15 is 0 Å². The molecule has 0 radical (unpaired) electrons. The highest BCUT2D eigenvalue weighted by molar-refractivity contribution is 5.85. The first-order chi connectivity index (χ1) is 9.65. The largest absolute Gasteiger partial charge is 0.381 e. The Balaban J connectivity index is 1.89. The summed E-state index contributed by atoms with van der Waals surface area (Å²) in [7, 11) is 0. The number of benzene rings is 1. The molecule has 0 saturated carbocycles. The van der Waals surface area contributed by atoms with E-state index in [1.165, 1.54) is 16.8 Å². The highest BCUT2D eigenvalue weighted by atomic mass is 16.6. The minimum Gasteiger partial charge on any atom is -0.381 e. The van der Waals surface area contributed by atoms with Gasteiger partial charge in [0.25, 0.3) is 5.69 Å².